The third kappa shape index (κ3) is 3.98. The third-order valence-corrected chi connectivity index (χ3v) is 2.67. The zero-order chi connectivity index (χ0) is 12.9. The first-order chi connectivity index (χ1) is 7.99. The summed E-state index contributed by atoms with van der Waals surface area (Å²) >= 11 is 0. The average Bonchev–Trinajstić information content (AvgIpc) is 2.66. The quantitative estimate of drug-likeness (QED) is 0.740. The lowest BCUT2D eigenvalue weighted by Gasteiger charge is -2.23. The molecule has 0 aliphatic carbocycles. The topological polar surface area (TPSA) is 52.1 Å². The van der Waals surface area contributed by atoms with Crippen LogP contribution in [0, 0.1) is 0 Å². The second-order valence-corrected chi connectivity index (χ2v) is 5.27. The smallest absolute Gasteiger partial charge is 0.0558 e. The van der Waals surface area contributed by atoms with Crippen molar-refractivity contribution in [2.24, 2.45) is 0 Å². The van der Waals surface area contributed by atoms with Gasteiger partial charge in [0.1, 0.15) is 0 Å². The number of hydrogen-bond acceptors (Lipinski definition) is 3. The maximum Gasteiger partial charge on any atom is 0.0558 e. The molecular weight excluding hydrogens is 214 g/mol. The lowest BCUT2D eigenvalue weighted by molar-refractivity contribution is 0.203. The van der Waals surface area contributed by atoms with Crippen molar-refractivity contribution in [3.8, 4) is 0 Å². The van der Waals surface area contributed by atoms with Gasteiger partial charge in [-0.2, -0.15) is 5.10 Å². The molecule has 4 heteroatoms. The molecule has 0 spiro atoms. The van der Waals surface area contributed by atoms with Crippen LogP contribution in [0.3, 0.4) is 0 Å². The Morgan fingerprint density at radius 2 is 2.24 bits per heavy atom. The Morgan fingerprint density at radius 1 is 1.53 bits per heavy atom. The highest BCUT2D eigenvalue weighted by Crippen LogP contribution is 2.24. The number of nitrogens with zero attached hydrogens (tertiary/aromatic N) is 2. The SMILES string of the molecule is C=CCN(CCO)Cc1cn[nH]c1C(C)(C)C. The molecule has 0 fully saturated rings. The van der Waals surface area contributed by atoms with Gasteiger partial charge in [-0.15, -0.1) is 6.58 Å². The lowest BCUT2D eigenvalue weighted by Crippen LogP contribution is -2.28. The van der Waals surface area contributed by atoms with Crippen LogP contribution in [-0.2, 0) is 12.0 Å². The fourth-order valence-corrected chi connectivity index (χ4v) is 1.88. The molecule has 0 atom stereocenters. The van der Waals surface area contributed by atoms with Crippen molar-refractivity contribution in [3.63, 3.8) is 0 Å². The standard InChI is InChI=1S/C13H23N3O/c1-5-6-16(7-8-17)10-11-9-14-15-12(11)13(2,3)4/h5,9,17H,1,6-8,10H2,2-4H3,(H,14,15). The highest BCUT2D eigenvalue weighted by atomic mass is 16.3. The molecule has 0 radical (unpaired) electrons. The van der Waals surface area contributed by atoms with Crippen LogP contribution in [0.2, 0.25) is 0 Å². The molecule has 1 aromatic heterocycles. The zero-order valence-corrected chi connectivity index (χ0v) is 11.0. The van der Waals surface area contributed by atoms with E-state index in [1.807, 2.05) is 12.3 Å². The molecule has 1 rings (SSSR count). The summed E-state index contributed by atoms with van der Waals surface area (Å²) in [5.74, 6) is 0. The van der Waals surface area contributed by atoms with Crippen LogP contribution < -0.4 is 0 Å². The third-order valence-electron chi connectivity index (χ3n) is 2.67. The lowest BCUT2D eigenvalue weighted by atomic mass is 9.89. The molecule has 0 saturated heterocycles. The summed E-state index contributed by atoms with van der Waals surface area (Å²) in [6.07, 6.45) is 3.72. The van der Waals surface area contributed by atoms with Gasteiger partial charge in [0.25, 0.3) is 0 Å². The number of rotatable bonds is 6. The van der Waals surface area contributed by atoms with Crippen molar-refractivity contribution < 1.29 is 5.11 Å². The fourth-order valence-electron chi connectivity index (χ4n) is 1.88. The summed E-state index contributed by atoms with van der Waals surface area (Å²) < 4.78 is 0. The largest absolute Gasteiger partial charge is 0.395 e. The van der Waals surface area contributed by atoms with Crippen molar-refractivity contribution in [2.75, 3.05) is 19.7 Å². The summed E-state index contributed by atoms with van der Waals surface area (Å²) in [4.78, 5) is 2.15. The van der Waals surface area contributed by atoms with E-state index < -0.39 is 0 Å². The zero-order valence-electron chi connectivity index (χ0n) is 11.0. The van der Waals surface area contributed by atoms with Crippen LogP contribution in [0.25, 0.3) is 0 Å². The van der Waals surface area contributed by atoms with Crippen LogP contribution in [0.15, 0.2) is 18.9 Å². The molecule has 0 aliphatic rings. The normalized spacial score (nSPS) is 12.1. The summed E-state index contributed by atoms with van der Waals surface area (Å²) in [7, 11) is 0. The maximum absolute atomic E-state index is 9.02. The van der Waals surface area contributed by atoms with Gasteiger partial charge in [-0.3, -0.25) is 10.00 Å². The Balaban J connectivity index is 2.79. The van der Waals surface area contributed by atoms with E-state index in [0.29, 0.717) is 6.54 Å². The van der Waals surface area contributed by atoms with E-state index in [-0.39, 0.29) is 12.0 Å². The monoisotopic (exact) mass is 237 g/mol. The molecule has 0 aliphatic heterocycles. The number of nitrogens with one attached hydrogen (secondary N) is 1. The summed E-state index contributed by atoms with van der Waals surface area (Å²) in [5, 5.41) is 16.2. The van der Waals surface area contributed by atoms with Crippen molar-refractivity contribution in [3.05, 3.63) is 30.1 Å². The molecule has 0 unspecified atom stereocenters. The number of hydrogen-bond donors (Lipinski definition) is 2. The molecule has 4 nitrogen and oxygen atoms in total. The molecule has 17 heavy (non-hydrogen) atoms. The number of aromatic amines is 1. The van der Waals surface area contributed by atoms with Gasteiger partial charge < -0.3 is 5.11 Å². The van der Waals surface area contributed by atoms with Crippen LogP contribution in [-0.4, -0.2) is 39.9 Å². The first-order valence-electron chi connectivity index (χ1n) is 5.96. The van der Waals surface area contributed by atoms with Gasteiger partial charge in [0, 0.05) is 36.3 Å². The molecular formula is C13H23N3O. The van der Waals surface area contributed by atoms with E-state index in [4.69, 9.17) is 5.11 Å². The maximum atomic E-state index is 9.02. The Hall–Kier alpha value is -1.13. The highest BCUT2D eigenvalue weighted by Gasteiger charge is 2.20. The first kappa shape index (κ1) is 13.9. The van der Waals surface area contributed by atoms with Gasteiger partial charge in [0.2, 0.25) is 0 Å². The van der Waals surface area contributed by atoms with Crippen molar-refractivity contribution in [1.82, 2.24) is 15.1 Å². The predicted molar refractivity (Wildman–Crippen MR) is 69.8 cm³/mol. The van der Waals surface area contributed by atoms with Crippen molar-refractivity contribution >= 4 is 0 Å². The summed E-state index contributed by atoms with van der Waals surface area (Å²) in [6.45, 7) is 12.6. The van der Waals surface area contributed by atoms with Crippen molar-refractivity contribution in [1.29, 1.82) is 0 Å². The average molecular weight is 237 g/mol. The molecule has 0 saturated carbocycles. The molecule has 0 bridgehead atoms. The molecule has 0 aromatic carbocycles. The molecule has 2 N–H and O–H groups in total. The van der Waals surface area contributed by atoms with Crippen LogP contribution in [0.1, 0.15) is 32.0 Å². The minimum atomic E-state index is 0.0604. The minimum absolute atomic E-state index is 0.0604. The van der Waals surface area contributed by atoms with Crippen LogP contribution in [0.4, 0.5) is 0 Å². The summed E-state index contributed by atoms with van der Waals surface area (Å²) in [6, 6.07) is 0. The molecule has 1 aromatic rings. The molecule has 96 valence electrons. The fraction of sp³-hybridized carbons (Fsp3) is 0.615. The number of aliphatic hydroxyl groups excluding tert-OH is 1. The Labute approximate surface area is 103 Å². The van der Waals surface area contributed by atoms with E-state index >= 15 is 0 Å². The van der Waals surface area contributed by atoms with E-state index in [9.17, 15) is 0 Å². The van der Waals surface area contributed by atoms with Gasteiger partial charge in [0.15, 0.2) is 0 Å². The second-order valence-electron chi connectivity index (χ2n) is 5.27. The van der Waals surface area contributed by atoms with Crippen LogP contribution >= 0.6 is 0 Å². The number of H-pyrrole nitrogens is 1. The van der Waals surface area contributed by atoms with E-state index in [1.54, 1.807) is 0 Å². The Bertz CT molecular complexity index is 352. The van der Waals surface area contributed by atoms with Gasteiger partial charge in [0.05, 0.1) is 12.8 Å². The van der Waals surface area contributed by atoms with Gasteiger partial charge in [-0.25, -0.2) is 0 Å². The highest BCUT2D eigenvalue weighted by molar-refractivity contribution is 5.23. The Morgan fingerprint density at radius 3 is 2.76 bits per heavy atom. The number of aliphatic hydroxyl groups is 1. The van der Waals surface area contributed by atoms with Crippen molar-refractivity contribution in [2.45, 2.75) is 32.7 Å². The predicted octanol–water partition coefficient (Wildman–Crippen LogP) is 1.69. The van der Waals surface area contributed by atoms with Crippen LogP contribution in [0.5, 0.6) is 0 Å². The minimum Gasteiger partial charge on any atom is -0.395 e. The van der Waals surface area contributed by atoms with E-state index in [2.05, 4.69) is 42.4 Å². The molecule has 0 amide bonds. The van der Waals surface area contributed by atoms with Gasteiger partial charge >= 0.3 is 0 Å². The molecule has 1 heterocycles. The Kier molecular flexibility index (Phi) is 4.90. The van der Waals surface area contributed by atoms with E-state index in [1.165, 1.54) is 5.56 Å². The number of aromatic nitrogens is 2. The summed E-state index contributed by atoms with van der Waals surface area (Å²) in [5.41, 5.74) is 2.41. The van der Waals surface area contributed by atoms with Gasteiger partial charge in [-0.05, 0) is 0 Å². The second kappa shape index (κ2) is 5.98. The van der Waals surface area contributed by atoms with Gasteiger partial charge in [-0.1, -0.05) is 26.8 Å². The van der Waals surface area contributed by atoms with E-state index in [0.717, 1.165) is 18.8 Å². The first-order valence-corrected chi connectivity index (χ1v) is 5.96.